The zero-order valence-corrected chi connectivity index (χ0v) is 12.9. The Morgan fingerprint density at radius 2 is 1.91 bits per heavy atom. The van der Waals surface area contributed by atoms with E-state index < -0.39 is 0 Å². The summed E-state index contributed by atoms with van der Waals surface area (Å²) in [7, 11) is 3.18. The number of hydrogen-bond donors (Lipinski definition) is 2. The minimum absolute atomic E-state index is 0.166. The maximum Gasteiger partial charge on any atom is 0.251 e. The van der Waals surface area contributed by atoms with Crippen molar-refractivity contribution in [2.75, 3.05) is 14.2 Å². The van der Waals surface area contributed by atoms with E-state index in [1.54, 1.807) is 32.5 Å². The largest absolute Gasteiger partial charge is 0.496 e. The molecule has 0 aliphatic rings. The summed E-state index contributed by atoms with van der Waals surface area (Å²) >= 11 is 0. The summed E-state index contributed by atoms with van der Waals surface area (Å²) in [5.74, 6) is 1.19. The standard InChI is InChI=1S/C17H17N3O3/c1-22-15-4-3-5-16(23-2)13(15)10-18-17(21)11-6-7-14-12(8-11)9-19-20-14/h3-9H,10H2,1-2H3,(H,18,21)(H,19,20). The van der Waals surface area contributed by atoms with Crippen molar-refractivity contribution >= 4 is 16.8 Å². The van der Waals surface area contributed by atoms with Gasteiger partial charge in [-0.1, -0.05) is 6.07 Å². The van der Waals surface area contributed by atoms with Crippen LogP contribution in [0.5, 0.6) is 11.5 Å². The Morgan fingerprint density at radius 1 is 1.17 bits per heavy atom. The van der Waals surface area contributed by atoms with E-state index in [0.717, 1.165) is 16.5 Å². The Kier molecular flexibility index (Phi) is 4.14. The lowest BCUT2D eigenvalue weighted by atomic mass is 10.1. The van der Waals surface area contributed by atoms with Crippen LogP contribution >= 0.6 is 0 Å². The molecule has 0 saturated heterocycles. The van der Waals surface area contributed by atoms with Crippen molar-refractivity contribution in [3.8, 4) is 11.5 Å². The van der Waals surface area contributed by atoms with Crippen molar-refractivity contribution in [3.05, 3.63) is 53.7 Å². The highest BCUT2D eigenvalue weighted by atomic mass is 16.5. The maximum atomic E-state index is 12.4. The Bertz CT molecular complexity index is 820. The van der Waals surface area contributed by atoms with E-state index in [0.29, 0.717) is 23.6 Å². The van der Waals surface area contributed by atoms with Crippen LogP contribution in [0.4, 0.5) is 0 Å². The van der Waals surface area contributed by atoms with Crippen LogP contribution in [-0.2, 0) is 6.54 Å². The molecule has 1 aromatic heterocycles. The van der Waals surface area contributed by atoms with E-state index in [4.69, 9.17) is 9.47 Å². The summed E-state index contributed by atoms with van der Waals surface area (Å²) in [4.78, 5) is 12.4. The number of amides is 1. The predicted molar refractivity (Wildman–Crippen MR) is 86.8 cm³/mol. The number of H-pyrrole nitrogens is 1. The number of hydrogen-bond acceptors (Lipinski definition) is 4. The van der Waals surface area contributed by atoms with Crippen molar-refractivity contribution in [2.24, 2.45) is 0 Å². The minimum atomic E-state index is -0.166. The van der Waals surface area contributed by atoms with Gasteiger partial charge in [0.1, 0.15) is 11.5 Å². The molecule has 118 valence electrons. The van der Waals surface area contributed by atoms with Crippen LogP contribution in [0, 0.1) is 0 Å². The molecule has 0 spiro atoms. The van der Waals surface area contributed by atoms with Gasteiger partial charge in [-0.3, -0.25) is 9.89 Å². The van der Waals surface area contributed by atoms with Gasteiger partial charge >= 0.3 is 0 Å². The summed E-state index contributed by atoms with van der Waals surface area (Å²) in [6.07, 6.45) is 1.69. The van der Waals surface area contributed by atoms with Gasteiger partial charge in [0.15, 0.2) is 0 Å². The van der Waals surface area contributed by atoms with E-state index in [9.17, 15) is 4.79 Å². The number of carbonyl (C=O) groups excluding carboxylic acids is 1. The molecular weight excluding hydrogens is 294 g/mol. The van der Waals surface area contributed by atoms with Gasteiger partial charge in [-0.25, -0.2) is 0 Å². The first-order chi connectivity index (χ1) is 11.2. The first-order valence-corrected chi connectivity index (χ1v) is 7.14. The van der Waals surface area contributed by atoms with E-state index in [1.807, 2.05) is 24.3 Å². The summed E-state index contributed by atoms with van der Waals surface area (Å²) in [5, 5.41) is 10.6. The third-order valence-electron chi connectivity index (χ3n) is 3.66. The monoisotopic (exact) mass is 311 g/mol. The van der Waals surface area contributed by atoms with Crippen LogP contribution in [0.25, 0.3) is 10.9 Å². The number of nitrogens with zero attached hydrogens (tertiary/aromatic N) is 1. The Hall–Kier alpha value is -3.02. The van der Waals surface area contributed by atoms with Gasteiger partial charge in [0.2, 0.25) is 0 Å². The molecule has 0 radical (unpaired) electrons. The lowest BCUT2D eigenvalue weighted by molar-refractivity contribution is 0.0950. The summed E-state index contributed by atoms with van der Waals surface area (Å²) in [6, 6.07) is 10.9. The third-order valence-corrected chi connectivity index (χ3v) is 3.66. The molecule has 3 aromatic rings. The van der Waals surface area contributed by atoms with Gasteiger partial charge in [0, 0.05) is 10.9 Å². The molecule has 0 aliphatic carbocycles. The molecule has 2 N–H and O–H groups in total. The van der Waals surface area contributed by atoms with Gasteiger partial charge in [0.25, 0.3) is 5.91 Å². The number of aromatic amines is 1. The second kappa shape index (κ2) is 6.39. The molecular formula is C17H17N3O3. The normalized spacial score (nSPS) is 10.5. The zero-order chi connectivity index (χ0) is 16.2. The average molecular weight is 311 g/mol. The SMILES string of the molecule is COc1cccc(OC)c1CNC(=O)c1ccc2[nH]ncc2c1. The Balaban J connectivity index is 1.78. The van der Waals surface area contributed by atoms with E-state index in [2.05, 4.69) is 15.5 Å². The number of nitrogens with one attached hydrogen (secondary N) is 2. The van der Waals surface area contributed by atoms with Gasteiger partial charge < -0.3 is 14.8 Å². The highest BCUT2D eigenvalue weighted by Gasteiger charge is 2.12. The highest BCUT2D eigenvalue weighted by molar-refractivity contribution is 5.97. The minimum Gasteiger partial charge on any atom is -0.496 e. The number of methoxy groups -OCH3 is 2. The lowest BCUT2D eigenvalue weighted by Crippen LogP contribution is -2.23. The number of aromatic nitrogens is 2. The van der Waals surface area contributed by atoms with Crippen LogP contribution in [0.2, 0.25) is 0 Å². The predicted octanol–water partition coefficient (Wildman–Crippen LogP) is 2.51. The van der Waals surface area contributed by atoms with Crippen molar-refractivity contribution in [1.82, 2.24) is 15.5 Å². The fourth-order valence-corrected chi connectivity index (χ4v) is 2.46. The van der Waals surface area contributed by atoms with Crippen LogP contribution in [-0.4, -0.2) is 30.3 Å². The fraction of sp³-hybridized carbons (Fsp3) is 0.176. The molecule has 0 fully saturated rings. The van der Waals surface area contributed by atoms with E-state index >= 15 is 0 Å². The van der Waals surface area contributed by atoms with Crippen molar-refractivity contribution in [2.45, 2.75) is 6.54 Å². The second-order valence-corrected chi connectivity index (χ2v) is 5.00. The molecule has 0 aliphatic heterocycles. The Labute approximate surface area is 133 Å². The van der Waals surface area contributed by atoms with Gasteiger partial charge in [-0.05, 0) is 30.3 Å². The summed E-state index contributed by atoms with van der Waals surface area (Å²) in [5.41, 5.74) is 2.27. The molecule has 23 heavy (non-hydrogen) atoms. The van der Waals surface area contributed by atoms with Crippen LogP contribution < -0.4 is 14.8 Å². The molecule has 1 amide bonds. The molecule has 6 heteroatoms. The smallest absolute Gasteiger partial charge is 0.251 e. The second-order valence-electron chi connectivity index (χ2n) is 5.00. The molecule has 0 unspecified atom stereocenters. The van der Waals surface area contributed by atoms with Gasteiger partial charge in [0.05, 0.1) is 38.0 Å². The molecule has 0 atom stereocenters. The maximum absolute atomic E-state index is 12.4. The quantitative estimate of drug-likeness (QED) is 0.759. The van der Waals surface area contributed by atoms with E-state index in [1.165, 1.54) is 0 Å². The van der Waals surface area contributed by atoms with Crippen molar-refractivity contribution < 1.29 is 14.3 Å². The zero-order valence-electron chi connectivity index (χ0n) is 12.9. The molecule has 0 saturated carbocycles. The first-order valence-electron chi connectivity index (χ1n) is 7.14. The number of ether oxygens (including phenoxy) is 2. The van der Waals surface area contributed by atoms with Gasteiger partial charge in [-0.15, -0.1) is 0 Å². The van der Waals surface area contributed by atoms with Crippen LogP contribution in [0.1, 0.15) is 15.9 Å². The molecule has 1 heterocycles. The number of fused-ring (bicyclic) bond motifs is 1. The van der Waals surface area contributed by atoms with Crippen molar-refractivity contribution in [1.29, 1.82) is 0 Å². The van der Waals surface area contributed by atoms with Crippen LogP contribution in [0.15, 0.2) is 42.6 Å². The van der Waals surface area contributed by atoms with Gasteiger partial charge in [-0.2, -0.15) is 5.10 Å². The topological polar surface area (TPSA) is 76.2 Å². The summed E-state index contributed by atoms with van der Waals surface area (Å²) in [6.45, 7) is 0.315. The number of carbonyl (C=O) groups is 1. The lowest BCUT2D eigenvalue weighted by Gasteiger charge is -2.13. The van der Waals surface area contributed by atoms with Crippen LogP contribution in [0.3, 0.4) is 0 Å². The molecule has 2 aromatic carbocycles. The first kappa shape index (κ1) is 14.9. The van der Waals surface area contributed by atoms with E-state index in [-0.39, 0.29) is 5.91 Å². The molecule has 6 nitrogen and oxygen atoms in total. The fourth-order valence-electron chi connectivity index (χ4n) is 2.46. The highest BCUT2D eigenvalue weighted by Crippen LogP contribution is 2.28. The Morgan fingerprint density at radius 3 is 2.61 bits per heavy atom. The molecule has 3 rings (SSSR count). The van der Waals surface area contributed by atoms with Crippen molar-refractivity contribution in [3.63, 3.8) is 0 Å². The average Bonchev–Trinajstić information content (AvgIpc) is 3.06. The number of benzene rings is 2. The molecule has 0 bridgehead atoms. The third kappa shape index (κ3) is 2.96. The summed E-state index contributed by atoms with van der Waals surface area (Å²) < 4.78 is 10.7. The number of rotatable bonds is 5.